The first kappa shape index (κ1) is 23.3. The lowest BCUT2D eigenvalue weighted by Gasteiger charge is -2.07. The number of carbonyl (C=O) groups is 2. The van der Waals surface area contributed by atoms with E-state index in [1.807, 2.05) is 43.3 Å². The zero-order chi connectivity index (χ0) is 22.8. The largest absolute Gasteiger partial charge is 0.423 e. The molecule has 3 rings (SSSR count). The minimum atomic E-state index is -0.473. The lowest BCUT2D eigenvalue weighted by Crippen LogP contribution is -2.11. The van der Waals surface area contributed by atoms with Gasteiger partial charge in [-0.2, -0.15) is 0 Å². The maximum absolute atomic E-state index is 12.4. The van der Waals surface area contributed by atoms with E-state index in [9.17, 15) is 9.59 Å². The molecule has 0 spiro atoms. The average Bonchev–Trinajstić information content (AvgIpc) is 2.81. The van der Waals surface area contributed by atoms with Crippen LogP contribution >= 0.6 is 0 Å². The van der Waals surface area contributed by atoms with Crippen molar-refractivity contribution in [3.63, 3.8) is 0 Å². The van der Waals surface area contributed by atoms with Crippen molar-refractivity contribution in [3.8, 4) is 11.5 Å². The first-order valence-corrected chi connectivity index (χ1v) is 11.2. The van der Waals surface area contributed by atoms with E-state index in [2.05, 4.69) is 6.92 Å². The average molecular weight is 431 g/mol. The molecule has 0 fully saturated rings. The molecule has 4 nitrogen and oxygen atoms in total. The van der Waals surface area contributed by atoms with Gasteiger partial charge in [-0.1, -0.05) is 62.4 Å². The maximum Gasteiger partial charge on any atom is 0.343 e. The van der Waals surface area contributed by atoms with Gasteiger partial charge in [0.05, 0.1) is 11.1 Å². The third-order valence-corrected chi connectivity index (χ3v) is 5.29. The van der Waals surface area contributed by atoms with Gasteiger partial charge >= 0.3 is 11.9 Å². The van der Waals surface area contributed by atoms with E-state index in [0.717, 1.165) is 12.0 Å². The summed E-state index contributed by atoms with van der Waals surface area (Å²) in [5.74, 6) is 0.0518. The van der Waals surface area contributed by atoms with Crippen LogP contribution in [-0.4, -0.2) is 11.9 Å². The molecule has 0 aromatic heterocycles. The molecule has 3 aromatic rings. The Hall–Kier alpha value is -3.40. The van der Waals surface area contributed by atoms with Crippen molar-refractivity contribution >= 4 is 11.9 Å². The maximum atomic E-state index is 12.4. The molecule has 0 bridgehead atoms. The van der Waals surface area contributed by atoms with Gasteiger partial charge < -0.3 is 9.47 Å². The van der Waals surface area contributed by atoms with Crippen LogP contribution in [0.4, 0.5) is 0 Å². The molecule has 166 valence electrons. The Balaban J connectivity index is 1.50. The number of esters is 2. The van der Waals surface area contributed by atoms with Crippen molar-refractivity contribution in [2.24, 2.45) is 0 Å². The van der Waals surface area contributed by atoms with E-state index in [1.165, 1.54) is 37.7 Å². The summed E-state index contributed by atoms with van der Waals surface area (Å²) >= 11 is 0. The van der Waals surface area contributed by atoms with Crippen LogP contribution in [-0.2, 0) is 6.42 Å². The number of benzene rings is 3. The zero-order valence-corrected chi connectivity index (χ0v) is 18.8. The van der Waals surface area contributed by atoms with Gasteiger partial charge in [-0.05, 0) is 73.9 Å². The van der Waals surface area contributed by atoms with Crippen molar-refractivity contribution in [2.45, 2.75) is 52.4 Å². The Bertz CT molecular complexity index is 1000. The molecule has 0 saturated carbocycles. The van der Waals surface area contributed by atoms with E-state index in [4.69, 9.17) is 9.47 Å². The summed E-state index contributed by atoms with van der Waals surface area (Å²) in [7, 11) is 0. The second-order valence-electron chi connectivity index (χ2n) is 7.98. The predicted molar refractivity (Wildman–Crippen MR) is 126 cm³/mol. The standard InChI is InChI=1S/C28H30O4/c1-3-4-5-6-7-8-22-11-19-26(20-12-22)32-28(30)24-15-13-23(14-16-24)27(29)31-25-17-9-21(2)10-18-25/h9-20H,3-8H2,1-2H3. The summed E-state index contributed by atoms with van der Waals surface area (Å²) < 4.78 is 10.8. The zero-order valence-electron chi connectivity index (χ0n) is 18.8. The number of hydrogen-bond donors (Lipinski definition) is 0. The quantitative estimate of drug-likeness (QED) is 0.198. The minimum absolute atomic E-state index is 0.366. The van der Waals surface area contributed by atoms with Gasteiger partial charge in [0.2, 0.25) is 0 Å². The van der Waals surface area contributed by atoms with E-state index < -0.39 is 11.9 Å². The Kier molecular flexibility index (Phi) is 8.61. The SMILES string of the molecule is CCCCCCCc1ccc(OC(=O)c2ccc(C(=O)Oc3ccc(C)cc3)cc2)cc1. The van der Waals surface area contributed by atoms with Gasteiger partial charge in [-0.15, -0.1) is 0 Å². The molecule has 32 heavy (non-hydrogen) atoms. The van der Waals surface area contributed by atoms with E-state index in [0.29, 0.717) is 22.6 Å². The van der Waals surface area contributed by atoms with E-state index >= 15 is 0 Å². The number of hydrogen-bond acceptors (Lipinski definition) is 4. The van der Waals surface area contributed by atoms with Gasteiger partial charge in [0, 0.05) is 0 Å². The molecule has 0 unspecified atom stereocenters. The number of ether oxygens (including phenoxy) is 2. The third-order valence-electron chi connectivity index (χ3n) is 5.29. The molecule has 0 heterocycles. The van der Waals surface area contributed by atoms with E-state index in [1.54, 1.807) is 36.4 Å². The molecule has 4 heteroatoms. The highest BCUT2D eigenvalue weighted by molar-refractivity contribution is 5.94. The van der Waals surface area contributed by atoms with Gasteiger partial charge in [0.1, 0.15) is 11.5 Å². The number of unbranched alkanes of at least 4 members (excludes halogenated alkanes) is 4. The van der Waals surface area contributed by atoms with Crippen molar-refractivity contribution in [3.05, 3.63) is 95.1 Å². The Morgan fingerprint density at radius 2 is 1.09 bits per heavy atom. The summed E-state index contributed by atoms with van der Waals surface area (Å²) in [6.07, 6.45) is 7.30. The minimum Gasteiger partial charge on any atom is -0.423 e. The summed E-state index contributed by atoms with van der Waals surface area (Å²) in [5.41, 5.74) is 3.07. The third kappa shape index (κ3) is 7.09. The molecule has 0 saturated heterocycles. The highest BCUT2D eigenvalue weighted by Crippen LogP contribution is 2.18. The second-order valence-corrected chi connectivity index (χ2v) is 7.98. The summed E-state index contributed by atoms with van der Waals surface area (Å²) in [5, 5.41) is 0. The van der Waals surface area contributed by atoms with Crippen LogP contribution in [0.2, 0.25) is 0 Å². The molecule has 0 N–H and O–H groups in total. The van der Waals surface area contributed by atoms with Crippen LogP contribution in [0.25, 0.3) is 0 Å². The van der Waals surface area contributed by atoms with Gasteiger partial charge in [0.25, 0.3) is 0 Å². The Labute approximate surface area is 190 Å². The summed E-state index contributed by atoms with van der Waals surface area (Å²) in [6.45, 7) is 4.18. The van der Waals surface area contributed by atoms with Crippen molar-refractivity contribution < 1.29 is 19.1 Å². The van der Waals surface area contributed by atoms with Gasteiger partial charge in [-0.25, -0.2) is 9.59 Å². The fourth-order valence-electron chi connectivity index (χ4n) is 3.34. The highest BCUT2D eigenvalue weighted by Gasteiger charge is 2.12. The molecule has 0 atom stereocenters. The number of carbonyl (C=O) groups excluding carboxylic acids is 2. The van der Waals surface area contributed by atoms with Crippen LogP contribution in [0.15, 0.2) is 72.8 Å². The van der Waals surface area contributed by atoms with E-state index in [-0.39, 0.29) is 0 Å². The molecule has 0 aliphatic rings. The van der Waals surface area contributed by atoms with Crippen LogP contribution < -0.4 is 9.47 Å². The smallest absolute Gasteiger partial charge is 0.343 e. The molecule has 0 amide bonds. The Morgan fingerprint density at radius 1 is 0.625 bits per heavy atom. The van der Waals surface area contributed by atoms with Crippen molar-refractivity contribution in [1.29, 1.82) is 0 Å². The Morgan fingerprint density at radius 3 is 1.59 bits per heavy atom. The first-order chi connectivity index (χ1) is 15.5. The van der Waals surface area contributed by atoms with Crippen molar-refractivity contribution in [2.75, 3.05) is 0 Å². The molecule has 0 aliphatic heterocycles. The number of aryl methyl sites for hydroxylation is 2. The normalized spacial score (nSPS) is 10.6. The fraction of sp³-hybridized carbons (Fsp3) is 0.286. The molecule has 3 aromatic carbocycles. The molecule has 0 radical (unpaired) electrons. The van der Waals surface area contributed by atoms with Gasteiger partial charge in [0.15, 0.2) is 0 Å². The highest BCUT2D eigenvalue weighted by atomic mass is 16.5. The topological polar surface area (TPSA) is 52.6 Å². The molecular weight excluding hydrogens is 400 g/mol. The first-order valence-electron chi connectivity index (χ1n) is 11.2. The monoisotopic (exact) mass is 430 g/mol. The predicted octanol–water partition coefficient (Wildman–Crippen LogP) is 6.95. The van der Waals surface area contributed by atoms with Crippen molar-refractivity contribution in [1.82, 2.24) is 0 Å². The van der Waals surface area contributed by atoms with Crippen LogP contribution in [0, 0.1) is 6.92 Å². The molecule has 0 aliphatic carbocycles. The lowest BCUT2D eigenvalue weighted by molar-refractivity contribution is 0.0720. The number of rotatable bonds is 10. The summed E-state index contributed by atoms with van der Waals surface area (Å²) in [6, 6.07) is 21.2. The lowest BCUT2D eigenvalue weighted by atomic mass is 10.1. The second kappa shape index (κ2) is 11.8. The van der Waals surface area contributed by atoms with Gasteiger partial charge in [-0.3, -0.25) is 0 Å². The summed E-state index contributed by atoms with van der Waals surface area (Å²) in [4.78, 5) is 24.7. The molecular formula is C28H30O4. The van der Waals surface area contributed by atoms with Crippen LogP contribution in [0.5, 0.6) is 11.5 Å². The fourth-order valence-corrected chi connectivity index (χ4v) is 3.34. The van der Waals surface area contributed by atoms with Crippen LogP contribution in [0.1, 0.15) is 70.9 Å². The van der Waals surface area contributed by atoms with Crippen LogP contribution in [0.3, 0.4) is 0 Å².